The van der Waals surface area contributed by atoms with E-state index in [4.69, 9.17) is 4.74 Å². The molecule has 2 unspecified atom stereocenters. The zero-order valence-corrected chi connectivity index (χ0v) is 7.71. The molecule has 68 valence electrons. The quantitative estimate of drug-likeness (QED) is 0.618. The molecule has 2 heterocycles. The number of fused-ring (bicyclic) bond motifs is 1. The average Bonchev–Trinajstić information content (AvgIpc) is 2.42. The number of hydrogen-bond acceptors (Lipinski definition) is 3. The van der Waals surface area contributed by atoms with Gasteiger partial charge in [-0.1, -0.05) is 0 Å². The molecule has 2 rings (SSSR count). The summed E-state index contributed by atoms with van der Waals surface area (Å²) < 4.78 is 5.52. The van der Waals surface area contributed by atoms with Crippen LogP contribution in [0.4, 0.5) is 0 Å². The standard InChI is InChI=1S/C9H16N2O/c1-6(2)11-4-8-9(5-11)12-7(3)10-8/h6,8-10H,3-5H2,1-2H3. The van der Waals surface area contributed by atoms with Crippen LogP contribution in [0.25, 0.3) is 0 Å². The molecule has 2 fully saturated rings. The normalized spacial score (nSPS) is 35.1. The van der Waals surface area contributed by atoms with Crippen LogP contribution in [0.5, 0.6) is 0 Å². The van der Waals surface area contributed by atoms with Crippen molar-refractivity contribution in [2.75, 3.05) is 13.1 Å². The molecule has 0 saturated carbocycles. The lowest BCUT2D eigenvalue weighted by atomic mass is 10.2. The second-order valence-electron chi connectivity index (χ2n) is 3.88. The highest BCUT2D eigenvalue weighted by atomic mass is 16.5. The van der Waals surface area contributed by atoms with Gasteiger partial charge in [0, 0.05) is 19.1 Å². The summed E-state index contributed by atoms with van der Waals surface area (Å²) in [5.74, 6) is 0.744. The van der Waals surface area contributed by atoms with E-state index in [1.54, 1.807) is 0 Å². The highest BCUT2D eigenvalue weighted by Crippen LogP contribution is 2.23. The predicted molar refractivity (Wildman–Crippen MR) is 47.6 cm³/mol. The van der Waals surface area contributed by atoms with Gasteiger partial charge in [0.05, 0.1) is 6.04 Å². The van der Waals surface area contributed by atoms with E-state index in [9.17, 15) is 0 Å². The SMILES string of the molecule is C=C1NC2CN(C(C)C)CC2O1. The Labute approximate surface area is 73.4 Å². The fraction of sp³-hybridized carbons (Fsp3) is 0.778. The number of ether oxygens (including phenoxy) is 1. The van der Waals surface area contributed by atoms with Gasteiger partial charge in [0.2, 0.25) is 0 Å². The van der Waals surface area contributed by atoms with Crippen molar-refractivity contribution < 1.29 is 4.74 Å². The summed E-state index contributed by atoms with van der Waals surface area (Å²) in [6.45, 7) is 10.3. The zero-order chi connectivity index (χ0) is 8.72. The lowest BCUT2D eigenvalue weighted by Gasteiger charge is -2.20. The molecule has 0 spiro atoms. The summed E-state index contributed by atoms with van der Waals surface area (Å²) in [7, 11) is 0. The topological polar surface area (TPSA) is 24.5 Å². The number of nitrogens with zero attached hydrogens (tertiary/aromatic N) is 1. The number of likely N-dealkylation sites (tertiary alicyclic amines) is 1. The average molecular weight is 168 g/mol. The molecule has 2 aliphatic heterocycles. The second kappa shape index (κ2) is 2.66. The van der Waals surface area contributed by atoms with Crippen LogP contribution in [0.15, 0.2) is 12.5 Å². The Balaban J connectivity index is 1.97. The molecule has 3 heteroatoms. The summed E-state index contributed by atoms with van der Waals surface area (Å²) >= 11 is 0. The monoisotopic (exact) mass is 168 g/mol. The molecule has 0 aromatic rings. The summed E-state index contributed by atoms with van der Waals surface area (Å²) in [6, 6.07) is 1.09. The van der Waals surface area contributed by atoms with E-state index >= 15 is 0 Å². The van der Waals surface area contributed by atoms with E-state index in [-0.39, 0.29) is 0 Å². The van der Waals surface area contributed by atoms with Crippen molar-refractivity contribution in [3.63, 3.8) is 0 Å². The van der Waals surface area contributed by atoms with Crippen LogP contribution in [-0.2, 0) is 4.74 Å². The van der Waals surface area contributed by atoms with Gasteiger partial charge in [-0.15, -0.1) is 0 Å². The minimum atomic E-state index is 0.333. The van der Waals surface area contributed by atoms with Crippen LogP contribution in [0.1, 0.15) is 13.8 Å². The Morgan fingerprint density at radius 2 is 2.33 bits per heavy atom. The Morgan fingerprint density at radius 3 is 2.92 bits per heavy atom. The maximum atomic E-state index is 5.52. The first kappa shape index (κ1) is 7.92. The highest BCUT2D eigenvalue weighted by Gasteiger charge is 2.39. The molecule has 0 bridgehead atoms. The largest absolute Gasteiger partial charge is 0.473 e. The van der Waals surface area contributed by atoms with Gasteiger partial charge in [-0.05, 0) is 20.4 Å². The maximum Gasteiger partial charge on any atom is 0.180 e. The van der Waals surface area contributed by atoms with Crippen LogP contribution in [-0.4, -0.2) is 36.2 Å². The van der Waals surface area contributed by atoms with Crippen molar-refractivity contribution in [2.24, 2.45) is 0 Å². The second-order valence-corrected chi connectivity index (χ2v) is 3.88. The molecule has 1 N–H and O–H groups in total. The van der Waals surface area contributed by atoms with Crippen molar-refractivity contribution in [1.29, 1.82) is 0 Å². The van der Waals surface area contributed by atoms with Crippen LogP contribution in [0.3, 0.4) is 0 Å². The van der Waals surface area contributed by atoms with E-state index < -0.39 is 0 Å². The molecule has 0 aliphatic carbocycles. The molecule has 3 nitrogen and oxygen atoms in total. The molecular weight excluding hydrogens is 152 g/mol. The van der Waals surface area contributed by atoms with Gasteiger partial charge in [-0.3, -0.25) is 4.90 Å². The minimum Gasteiger partial charge on any atom is -0.473 e. The number of hydrogen-bond donors (Lipinski definition) is 1. The van der Waals surface area contributed by atoms with Crippen LogP contribution >= 0.6 is 0 Å². The van der Waals surface area contributed by atoms with Crippen molar-refractivity contribution in [3.8, 4) is 0 Å². The number of rotatable bonds is 1. The Morgan fingerprint density at radius 1 is 1.58 bits per heavy atom. The summed E-state index contributed by atoms with van der Waals surface area (Å²) in [5, 5.41) is 3.24. The van der Waals surface area contributed by atoms with Crippen LogP contribution < -0.4 is 5.32 Å². The third-order valence-corrected chi connectivity index (χ3v) is 2.66. The van der Waals surface area contributed by atoms with Gasteiger partial charge >= 0.3 is 0 Å². The van der Waals surface area contributed by atoms with E-state index in [0.717, 1.165) is 19.0 Å². The Hall–Kier alpha value is -0.700. The van der Waals surface area contributed by atoms with Gasteiger partial charge < -0.3 is 10.1 Å². The molecule has 2 atom stereocenters. The van der Waals surface area contributed by atoms with E-state index in [1.165, 1.54) is 0 Å². The Bertz CT molecular complexity index is 187. The first-order valence-electron chi connectivity index (χ1n) is 4.53. The predicted octanol–water partition coefficient (Wildman–Crippen LogP) is 0.539. The molecular formula is C9H16N2O. The van der Waals surface area contributed by atoms with Crippen molar-refractivity contribution in [1.82, 2.24) is 10.2 Å². The molecule has 2 aliphatic rings. The Kier molecular flexibility index (Phi) is 1.76. The van der Waals surface area contributed by atoms with Gasteiger partial charge in [-0.25, -0.2) is 0 Å². The highest BCUT2D eigenvalue weighted by molar-refractivity contribution is 5.03. The molecule has 0 radical (unpaired) electrons. The lowest BCUT2D eigenvalue weighted by molar-refractivity contribution is 0.142. The first-order chi connectivity index (χ1) is 5.66. The molecule has 0 aromatic carbocycles. The van der Waals surface area contributed by atoms with Crippen LogP contribution in [0.2, 0.25) is 0 Å². The van der Waals surface area contributed by atoms with Crippen molar-refractivity contribution in [2.45, 2.75) is 32.0 Å². The summed E-state index contributed by atoms with van der Waals surface area (Å²) in [5.41, 5.74) is 0. The third-order valence-electron chi connectivity index (χ3n) is 2.66. The molecule has 2 saturated heterocycles. The smallest absolute Gasteiger partial charge is 0.180 e. The third kappa shape index (κ3) is 1.18. The van der Waals surface area contributed by atoms with Crippen molar-refractivity contribution in [3.05, 3.63) is 12.5 Å². The van der Waals surface area contributed by atoms with Gasteiger partial charge in [0.25, 0.3) is 0 Å². The zero-order valence-electron chi connectivity index (χ0n) is 7.71. The number of nitrogens with one attached hydrogen (secondary N) is 1. The van der Waals surface area contributed by atoms with Gasteiger partial charge in [0.15, 0.2) is 5.88 Å². The summed E-state index contributed by atoms with van der Waals surface area (Å²) in [6.07, 6.45) is 0.333. The lowest BCUT2D eigenvalue weighted by Crippen LogP contribution is -2.33. The van der Waals surface area contributed by atoms with E-state index in [1.807, 2.05) is 0 Å². The van der Waals surface area contributed by atoms with Crippen molar-refractivity contribution >= 4 is 0 Å². The molecule has 0 aromatic heterocycles. The van der Waals surface area contributed by atoms with Gasteiger partial charge in [0.1, 0.15) is 6.10 Å². The van der Waals surface area contributed by atoms with E-state index in [0.29, 0.717) is 18.2 Å². The van der Waals surface area contributed by atoms with Gasteiger partial charge in [-0.2, -0.15) is 0 Å². The summed E-state index contributed by atoms with van der Waals surface area (Å²) in [4.78, 5) is 2.43. The molecule has 0 amide bonds. The van der Waals surface area contributed by atoms with E-state index in [2.05, 4.69) is 30.6 Å². The van der Waals surface area contributed by atoms with Crippen LogP contribution in [0, 0.1) is 0 Å². The molecule has 12 heavy (non-hydrogen) atoms. The fourth-order valence-electron chi connectivity index (χ4n) is 1.91. The minimum absolute atomic E-state index is 0.333. The maximum absolute atomic E-state index is 5.52. The first-order valence-corrected chi connectivity index (χ1v) is 4.53. The fourth-order valence-corrected chi connectivity index (χ4v) is 1.91.